The van der Waals surface area contributed by atoms with Crippen molar-refractivity contribution >= 4 is 12.3 Å². The Bertz CT molecular complexity index is 275. The molecule has 0 fully saturated rings. The third-order valence-corrected chi connectivity index (χ3v) is 1.94. The fourth-order valence-electron chi connectivity index (χ4n) is 1.04. The maximum Gasteiger partial charge on any atom is 0.333 e. The lowest BCUT2D eigenvalue weighted by atomic mass is 10.1. The van der Waals surface area contributed by atoms with E-state index in [1.54, 1.807) is 13.8 Å². The van der Waals surface area contributed by atoms with Crippen molar-refractivity contribution < 1.29 is 14.3 Å². The summed E-state index contributed by atoms with van der Waals surface area (Å²) < 4.78 is 4.83. The van der Waals surface area contributed by atoms with Gasteiger partial charge in [0.25, 0.3) is 0 Å². The topological polar surface area (TPSA) is 43.4 Å². The molecule has 3 heteroatoms. The predicted octanol–water partition coefficient (Wildman–Crippen LogP) is 2.42. The number of hydrogen-bond donors (Lipinski definition) is 0. The van der Waals surface area contributed by atoms with Gasteiger partial charge < -0.3 is 4.74 Å². The number of hydrogen-bond acceptors (Lipinski definition) is 3. The molecule has 0 radical (unpaired) electrons. The number of carbonyl (C=O) groups excluding carboxylic acids is 2. The minimum Gasteiger partial charge on any atom is -0.463 e. The standard InChI is InChI=1S/C12H18O3/c1-4-15-12(14)11(3)7-5-6-10(2)8-9-13/h7-9H,4-6H2,1-3H3/b10-8+,11-7+. The van der Waals surface area contributed by atoms with Gasteiger partial charge in [-0.3, -0.25) is 4.79 Å². The van der Waals surface area contributed by atoms with Crippen LogP contribution in [0.1, 0.15) is 33.6 Å². The number of esters is 1. The highest BCUT2D eigenvalue weighted by Gasteiger charge is 2.02. The van der Waals surface area contributed by atoms with E-state index in [4.69, 9.17) is 4.74 Å². The van der Waals surface area contributed by atoms with Gasteiger partial charge in [-0.1, -0.05) is 11.6 Å². The van der Waals surface area contributed by atoms with Crippen molar-refractivity contribution in [2.75, 3.05) is 6.61 Å². The second-order valence-electron chi connectivity index (χ2n) is 3.30. The molecule has 0 rings (SSSR count). The van der Waals surface area contributed by atoms with Crippen molar-refractivity contribution in [2.45, 2.75) is 33.6 Å². The molecule has 0 unspecified atom stereocenters. The average Bonchev–Trinajstić information content (AvgIpc) is 2.18. The summed E-state index contributed by atoms with van der Waals surface area (Å²) in [5.74, 6) is -0.269. The first kappa shape index (κ1) is 13.6. The van der Waals surface area contributed by atoms with E-state index in [1.807, 2.05) is 13.0 Å². The van der Waals surface area contributed by atoms with Crippen LogP contribution in [0.15, 0.2) is 23.3 Å². The van der Waals surface area contributed by atoms with E-state index in [2.05, 4.69) is 0 Å². The van der Waals surface area contributed by atoms with E-state index < -0.39 is 0 Å². The van der Waals surface area contributed by atoms with Crippen molar-refractivity contribution in [1.82, 2.24) is 0 Å². The van der Waals surface area contributed by atoms with E-state index >= 15 is 0 Å². The largest absolute Gasteiger partial charge is 0.463 e. The molecule has 0 aromatic heterocycles. The van der Waals surface area contributed by atoms with Gasteiger partial charge in [-0.05, 0) is 39.7 Å². The lowest BCUT2D eigenvalue weighted by molar-refractivity contribution is -0.138. The van der Waals surface area contributed by atoms with Crippen molar-refractivity contribution in [2.24, 2.45) is 0 Å². The minimum absolute atomic E-state index is 0.269. The van der Waals surface area contributed by atoms with Crippen molar-refractivity contribution in [3.63, 3.8) is 0 Å². The Labute approximate surface area is 90.8 Å². The minimum atomic E-state index is -0.269. The second-order valence-corrected chi connectivity index (χ2v) is 3.30. The van der Waals surface area contributed by atoms with Crippen LogP contribution in [-0.4, -0.2) is 18.9 Å². The molecule has 0 saturated heterocycles. The zero-order valence-corrected chi connectivity index (χ0v) is 9.58. The molecule has 84 valence electrons. The van der Waals surface area contributed by atoms with E-state index in [-0.39, 0.29) is 5.97 Å². The van der Waals surface area contributed by atoms with E-state index in [0.717, 1.165) is 24.7 Å². The highest BCUT2D eigenvalue weighted by molar-refractivity contribution is 5.87. The smallest absolute Gasteiger partial charge is 0.333 e. The average molecular weight is 210 g/mol. The Morgan fingerprint density at radius 1 is 1.33 bits per heavy atom. The summed E-state index contributed by atoms with van der Waals surface area (Å²) in [7, 11) is 0. The molecule has 0 spiro atoms. The fourth-order valence-corrected chi connectivity index (χ4v) is 1.04. The Balaban J connectivity index is 4.01. The fraction of sp³-hybridized carbons (Fsp3) is 0.500. The second kappa shape index (κ2) is 7.97. The SMILES string of the molecule is CCOC(=O)/C(C)=C/CC/C(C)=C/C=O. The van der Waals surface area contributed by atoms with Gasteiger partial charge in [-0.2, -0.15) is 0 Å². The van der Waals surface area contributed by atoms with Crippen molar-refractivity contribution in [3.8, 4) is 0 Å². The number of carbonyl (C=O) groups is 2. The van der Waals surface area contributed by atoms with Crippen LogP contribution < -0.4 is 0 Å². The Morgan fingerprint density at radius 3 is 2.53 bits per heavy atom. The van der Waals surface area contributed by atoms with Gasteiger partial charge in [0.15, 0.2) is 0 Å². The summed E-state index contributed by atoms with van der Waals surface area (Å²) in [6, 6.07) is 0. The van der Waals surface area contributed by atoms with Gasteiger partial charge in [0.1, 0.15) is 6.29 Å². The number of rotatable bonds is 6. The molecule has 0 aliphatic carbocycles. The quantitative estimate of drug-likeness (QED) is 0.384. The molecule has 0 saturated carbocycles. The van der Waals surface area contributed by atoms with Crippen LogP contribution in [0, 0.1) is 0 Å². The summed E-state index contributed by atoms with van der Waals surface area (Å²) in [5, 5.41) is 0. The summed E-state index contributed by atoms with van der Waals surface area (Å²) in [4.78, 5) is 21.3. The summed E-state index contributed by atoms with van der Waals surface area (Å²) in [6.07, 6.45) is 5.68. The van der Waals surface area contributed by atoms with Crippen molar-refractivity contribution in [1.29, 1.82) is 0 Å². The normalized spacial score (nSPS) is 12.5. The number of aldehydes is 1. The predicted molar refractivity (Wildman–Crippen MR) is 59.4 cm³/mol. The van der Waals surface area contributed by atoms with Crippen LogP contribution >= 0.6 is 0 Å². The molecule has 0 aliphatic rings. The van der Waals surface area contributed by atoms with Gasteiger partial charge in [-0.15, -0.1) is 0 Å². The van der Waals surface area contributed by atoms with Crippen LogP contribution in [0.4, 0.5) is 0 Å². The lowest BCUT2D eigenvalue weighted by Gasteiger charge is -2.01. The van der Waals surface area contributed by atoms with E-state index in [0.29, 0.717) is 12.2 Å². The molecule has 3 nitrogen and oxygen atoms in total. The first-order valence-corrected chi connectivity index (χ1v) is 5.06. The van der Waals surface area contributed by atoms with Gasteiger partial charge in [0.05, 0.1) is 6.61 Å². The van der Waals surface area contributed by atoms with Crippen LogP contribution in [0.2, 0.25) is 0 Å². The third kappa shape index (κ3) is 6.66. The van der Waals surface area contributed by atoms with Crippen LogP contribution in [-0.2, 0) is 14.3 Å². The zero-order valence-electron chi connectivity index (χ0n) is 9.58. The molecule has 0 N–H and O–H groups in total. The highest BCUT2D eigenvalue weighted by atomic mass is 16.5. The van der Waals surface area contributed by atoms with Crippen LogP contribution in [0.5, 0.6) is 0 Å². The molecule has 0 amide bonds. The number of allylic oxidation sites excluding steroid dienone is 3. The summed E-state index contributed by atoms with van der Waals surface area (Å²) in [6.45, 7) is 5.80. The van der Waals surface area contributed by atoms with E-state index in [9.17, 15) is 9.59 Å². The molecular weight excluding hydrogens is 192 g/mol. The zero-order chi connectivity index (χ0) is 11.7. The maximum absolute atomic E-state index is 11.2. The maximum atomic E-state index is 11.2. The lowest BCUT2D eigenvalue weighted by Crippen LogP contribution is -2.04. The molecule has 0 aromatic carbocycles. The Morgan fingerprint density at radius 2 is 2.00 bits per heavy atom. The van der Waals surface area contributed by atoms with Crippen molar-refractivity contribution in [3.05, 3.63) is 23.3 Å². The van der Waals surface area contributed by atoms with Gasteiger partial charge in [0.2, 0.25) is 0 Å². The molecule has 0 atom stereocenters. The third-order valence-electron chi connectivity index (χ3n) is 1.94. The monoisotopic (exact) mass is 210 g/mol. The molecule has 15 heavy (non-hydrogen) atoms. The van der Waals surface area contributed by atoms with Crippen LogP contribution in [0.25, 0.3) is 0 Å². The first-order chi connectivity index (χ1) is 7.11. The molecular formula is C12H18O3. The van der Waals surface area contributed by atoms with Gasteiger partial charge in [0, 0.05) is 5.57 Å². The Kier molecular flexibility index (Phi) is 7.24. The van der Waals surface area contributed by atoms with Gasteiger partial charge in [-0.25, -0.2) is 4.79 Å². The molecule has 0 bridgehead atoms. The number of ether oxygens (including phenoxy) is 1. The molecule has 0 aliphatic heterocycles. The molecule has 0 aromatic rings. The summed E-state index contributed by atoms with van der Waals surface area (Å²) in [5.41, 5.74) is 1.63. The van der Waals surface area contributed by atoms with Gasteiger partial charge >= 0.3 is 5.97 Å². The molecule has 0 heterocycles. The summed E-state index contributed by atoms with van der Waals surface area (Å²) >= 11 is 0. The van der Waals surface area contributed by atoms with Crippen LogP contribution in [0.3, 0.4) is 0 Å². The first-order valence-electron chi connectivity index (χ1n) is 5.06. The Hall–Kier alpha value is -1.38. The van der Waals surface area contributed by atoms with E-state index in [1.165, 1.54) is 6.08 Å². The highest BCUT2D eigenvalue weighted by Crippen LogP contribution is 2.06.